The van der Waals surface area contributed by atoms with Crippen LogP contribution in [0.2, 0.25) is 0 Å². The minimum absolute atomic E-state index is 0. The number of guanidine groups is 1. The first-order valence-corrected chi connectivity index (χ1v) is 11.2. The van der Waals surface area contributed by atoms with Gasteiger partial charge in [-0.3, -0.25) is 4.99 Å². The van der Waals surface area contributed by atoms with Crippen LogP contribution in [0.5, 0.6) is 0 Å². The smallest absolute Gasteiger partial charge is 0.191 e. The first-order chi connectivity index (χ1) is 12.6. The van der Waals surface area contributed by atoms with Gasteiger partial charge in [-0.15, -0.1) is 24.0 Å². The summed E-state index contributed by atoms with van der Waals surface area (Å²) in [5.74, 6) is 0.883. The van der Waals surface area contributed by atoms with E-state index in [1.165, 1.54) is 31.3 Å². The van der Waals surface area contributed by atoms with Crippen molar-refractivity contribution in [1.29, 1.82) is 0 Å². The molecule has 0 saturated carbocycles. The molecule has 0 amide bonds. The van der Waals surface area contributed by atoms with Gasteiger partial charge in [0.2, 0.25) is 0 Å². The number of halogens is 1. The molecule has 0 radical (unpaired) electrons. The monoisotopic (exact) mass is 505 g/mol. The maximum Gasteiger partial charge on any atom is 0.191 e. The third-order valence-corrected chi connectivity index (χ3v) is 6.23. The van der Waals surface area contributed by atoms with Crippen molar-refractivity contribution in [3.63, 3.8) is 0 Å². The van der Waals surface area contributed by atoms with E-state index in [0.29, 0.717) is 17.9 Å². The SMILES string of the molecule is CCNC(=NCCCS(=O)(=O)c1ccccc1)NCCC1=CCCCC1.I. The molecule has 27 heavy (non-hydrogen) atoms. The Labute approximate surface area is 181 Å². The summed E-state index contributed by atoms with van der Waals surface area (Å²) in [6.45, 7) is 4.17. The van der Waals surface area contributed by atoms with Gasteiger partial charge in [0, 0.05) is 19.6 Å². The highest BCUT2D eigenvalue weighted by molar-refractivity contribution is 14.0. The van der Waals surface area contributed by atoms with Gasteiger partial charge in [0.1, 0.15) is 0 Å². The quantitative estimate of drug-likeness (QED) is 0.176. The van der Waals surface area contributed by atoms with Crippen molar-refractivity contribution in [2.75, 3.05) is 25.4 Å². The van der Waals surface area contributed by atoms with Crippen LogP contribution in [-0.4, -0.2) is 39.8 Å². The van der Waals surface area contributed by atoms with Gasteiger partial charge < -0.3 is 10.6 Å². The fourth-order valence-corrected chi connectivity index (χ4v) is 4.32. The number of hydrogen-bond acceptors (Lipinski definition) is 3. The molecular formula is C20H32IN3O2S. The summed E-state index contributed by atoms with van der Waals surface area (Å²) in [5.41, 5.74) is 1.54. The molecule has 0 bridgehead atoms. The average Bonchev–Trinajstić information content (AvgIpc) is 2.67. The summed E-state index contributed by atoms with van der Waals surface area (Å²) in [7, 11) is -3.22. The van der Waals surface area contributed by atoms with E-state index in [2.05, 4.69) is 21.7 Å². The molecule has 0 spiro atoms. The normalized spacial score (nSPS) is 14.9. The Balaban J connectivity index is 0.00000364. The fraction of sp³-hybridized carbons (Fsp3) is 0.550. The van der Waals surface area contributed by atoms with Gasteiger partial charge in [-0.05, 0) is 57.6 Å². The van der Waals surface area contributed by atoms with Gasteiger partial charge in [-0.1, -0.05) is 29.8 Å². The van der Waals surface area contributed by atoms with E-state index in [-0.39, 0.29) is 29.7 Å². The van der Waals surface area contributed by atoms with Crippen LogP contribution in [0.4, 0.5) is 0 Å². The molecule has 2 rings (SSSR count). The van der Waals surface area contributed by atoms with Crippen molar-refractivity contribution in [3.8, 4) is 0 Å². The molecule has 152 valence electrons. The van der Waals surface area contributed by atoms with Crippen LogP contribution < -0.4 is 10.6 Å². The van der Waals surface area contributed by atoms with E-state index < -0.39 is 9.84 Å². The molecule has 1 aromatic rings. The topological polar surface area (TPSA) is 70.6 Å². The highest BCUT2D eigenvalue weighted by atomic mass is 127. The maximum atomic E-state index is 12.3. The van der Waals surface area contributed by atoms with Crippen molar-refractivity contribution in [1.82, 2.24) is 10.6 Å². The van der Waals surface area contributed by atoms with Crippen LogP contribution in [0.25, 0.3) is 0 Å². The summed E-state index contributed by atoms with van der Waals surface area (Å²) in [6, 6.07) is 8.61. The van der Waals surface area contributed by atoms with E-state index in [9.17, 15) is 8.42 Å². The Morgan fingerprint density at radius 3 is 2.59 bits per heavy atom. The van der Waals surface area contributed by atoms with E-state index in [4.69, 9.17) is 0 Å². The van der Waals surface area contributed by atoms with E-state index in [1.54, 1.807) is 24.3 Å². The zero-order valence-electron chi connectivity index (χ0n) is 16.1. The molecule has 0 saturated heterocycles. The van der Waals surface area contributed by atoms with Gasteiger partial charge in [-0.2, -0.15) is 0 Å². The molecule has 0 atom stereocenters. The van der Waals surface area contributed by atoms with E-state index in [1.807, 2.05) is 13.0 Å². The number of hydrogen-bond donors (Lipinski definition) is 2. The van der Waals surface area contributed by atoms with Crippen LogP contribution in [-0.2, 0) is 9.84 Å². The lowest BCUT2D eigenvalue weighted by Crippen LogP contribution is -2.38. The van der Waals surface area contributed by atoms with Crippen molar-refractivity contribution >= 4 is 39.8 Å². The summed E-state index contributed by atoms with van der Waals surface area (Å²) in [4.78, 5) is 4.89. The van der Waals surface area contributed by atoms with Gasteiger partial charge in [0.15, 0.2) is 15.8 Å². The highest BCUT2D eigenvalue weighted by Crippen LogP contribution is 2.19. The van der Waals surface area contributed by atoms with Crippen molar-refractivity contribution < 1.29 is 8.42 Å². The molecule has 0 fully saturated rings. The number of benzene rings is 1. The largest absolute Gasteiger partial charge is 0.357 e. The molecule has 1 aliphatic carbocycles. The number of nitrogens with one attached hydrogen (secondary N) is 2. The molecule has 1 aromatic carbocycles. The second-order valence-electron chi connectivity index (χ2n) is 6.53. The number of allylic oxidation sites excluding steroid dienone is 1. The van der Waals surface area contributed by atoms with Crippen molar-refractivity contribution in [3.05, 3.63) is 42.0 Å². The second kappa shape index (κ2) is 13.1. The molecule has 2 N–H and O–H groups in total. The molecule has 7 heteroatoms. The number of aliphatic imine (C=N–C) groups is 1. The lowest BCUT2D eigenvalue weighted by atomic mass is 9.97. The molecule has 1 aliphatic rings. The van der Waals surface area contributed by atoms with Crippen LogP contribution in [0.1, 0.15) is 45.4 Å². The lowest BCUT2D eigenvalue weighted by Gasteiger charge is -2.15. The first-order valence-electron chi connectivity index (χ1n) is 9.59. The Morgan fingerprint density at radius 2 is 1.93 bits per heavy atom. The Morgan fingerprint density at radius 1 is 1.15 bits per heavy atom. The van der Waals surface area contributed by atoms with Gasteiger partial charge in [0.05, 0.1) is 10.6 Å². The van der Waals surface area contributed by atoms with Gasteiger partial charge >= 0.3 is 0 Å². The van der Waals surface area contributed by atoms with E-state index in [0.717, 1.165) is 25.5 Å². The lowest BCUT2D eigenvalue weighted by molar-refractivity contribution is 0.593. The zero-order valence-corrected chi connectivity index (χ0v) is 19.3. The standard InChI is InChI=1S/C20H31N3O2S.HI/c1-2-21-20(23-16-14-18-10-5-3-6-11-18)22-15-9-17-26(24,25)19-12-7-4-8-13-19;/h4,7-8,10,12-13H,2-3,5-6,9,11,14-17H2,1H3,(H2,21,22,23);1H. The second-order valence-corrected chi connectivity index (χ2v) is 8.64. The molecule has 0 aliphatic heterocycles. The third kappa shape index (κ3) is 9.10. The van der Waals surface area contributed by atoms with Crippen LogP contribution in [0.3, 0.4) is 0 Å². The predicted octanol–water partition coefficient (Wildman–Crippen LogP) is 3.91. The summed E-state index contributed by atoms with van der Waals surface area (Å²) < 4.78 is 24.5. The highest BCUT2D eigenvalue weighted by Gasteiger charge is 2.13. The number of nitrogens with zero attached hydrogens (tertiary/aromatic N) is 1. The average molecular weight is 505 g/mol. The summed E-state index contributed by atoms with van der Waals surface area (Å²) >= 11 is 0. The van der Waals surface area contributed by atoms with Gasteiger partial charge in [0.25, 0.3) is 0 Å². The van der Waals surface area contributed by atoms with Crippen LogP contribution >= 0.6 is 24.0 Å². The zero-order chi connectivity index (χ0) is 18.7. The van der Waals surface area contributed by atoms with E-state index >= 15 is 0 Å². The summed E-state index contributed by atoms with van der Waals surface area (Å²) in [6.07, 6.45) is 8.96. The molecule has 0 heterocycles. The predicted molar refractivity (Wildman–Crippen MR) is 124 cm³/mol. The summed E-state index contributed by atoms with van der Waals surface area (Å²) in [5, 5.41) is 6.57. The number of sulfone groups is 1. The molecule has 0 aromatic heterocycles. The van der Waals surface area contributed by atoms with Crippen LogP contribution in [0.15, 0.2) is 51.9 Å². The fourth-order valence-electron chi connectivity index (χ4n) is 3.01. The minimum atomic E-state index is -3.22. The Kier molecular flexibility index (Phi) is 11.7. The first kappa shape index (κ1) is 23.9. The molecular weight excluding hydrogens is 473 g/mol. The maximum absolute atomic E-state index is 12.3. The molecule has 5 nitrogen and oxygen atoms in total. The van der Waals surface area contributed by atoms with Crippen molar-refractivity contribution in [2.45, 2.75) is 50.3 Å². The molecule has 0 unspecified atom stereocenters. The number of rotatable bonds is 9. The van der Waals surface area contributed by atoms with Crippen LogP contribution in [0, 0.1) is 0 Å². The Bertz CT molecular complexity index is 703. The van der Waals surface area contributed by atoms with Crippen molar-refractivity contribution in [2.24, 2.45) is 4.99 Å². The van der Waals surface area contributed by atoms with Gasteiger partial charge in [-0.25, -0.2) is 8.42 Å². The Hall–Kier alpha value is -1.09. The third-order valence-electron chi connectivity index (χ3n) is 4.41. The minimum Gasteiger partial charge on any atom is -0.357 e.